The predicted molar refractivity (Wildman–Crippen MR) is 106 cm³/mol. The molecule has 0 amide bonds. The van der Waals surface area contributed by atoms with Crippen molar-refractivity contribution in [3.63, 3.8) is 0 Å². The summed E-state index contributed by atoms with van der Waals surface area (Å²) in [5.74, 6) is 0.339. The number of benzene rings is 2. The van der Waals surface area contributed by atoms with Gasteiger partial charge in [0.15, 0.2) is 0 Å². The van der Waals surface area contributed by atoms with Crippen molar-refractivity contribution in [2.24, 2.45) is 0 Å². The molecule has 0 radical (unpaired) electrons. The molecule has 4 nitrogen and oxygen atoms in total. The summed E-state index contributed by atoms with van der Waals surface area (Å²) < 4.78 is 0. The standard InChI is InChI=1S/2C10H8ClNO.Zn/c2*1-6-2-3-7-8(11)4-5-9(13)10(7)12-6;/h2*2-5,13H,1H3;. The van der Waals surface area contributed by atoms with E-state index in [1.165, 1.54) is 0 Å². The van der Waals surface area contributed by atoms with Crippen molar-refractivity contribution in [3.05, 3.63) is 70.0 Å². The fourth-order valence-electron chi connectivity index (χ4n) is 2.53. The van der Waals surface area contributed by atoms with Crippen molar-refractivity contribution in [1.82, 2.24) is 9.97 Å². The van der Waals surface area contributed by atoms with Crippen LogP contribution >= 0.6 is 23.2 Å². The zero-order valence-electron chi connectivity index (χ0n) is 14.9. The molecule has 0 bridgehead atoms. The number of hydrogen-bond acceptors (Lipinski definition) is 4. The predicted octanol–water partition coefficient (Wildman–Crippen LogP) is 5.80. The molecule has 4 rings (SSSR count). The van der Waals surface area contributed by atoms with E-state index in [0.717, 1.165) is 22.2 Å². The quantitative estimate of drug-likeness (QED) is 0.331. The van der Waals surface area contributed by atoms with Crippen LogP contribution in [0.25, 0.3) is 21.8 Å². The maximum absolute atomic E-state index is 9.50. The maximum atomic E-state index is 9.50. The molecule has 2 heterocycles. The van der Waals surface area contributed by atoms with Crippen LogP contribution in [0.2, 0.25) is 10.0 Å². The third-order valence-corrected chi connectivity index (χ3v) is 4.50. The fourth-order valence-corrected chi connectivity index (χ4v) is 2.96. The number of aromatic hydroxyl groups is 2. The Morgan fingerprint density at radius 1 is 0.630 bits per heavy atom. The van der Waals surface area contributed by atoms with Gasteiger partial charge in [0.1, 0.15) is 22.5 Å². The Morgan fingerprint density at radius 3 is 1.37 bits per heavy atom. The minimum atomic E-state index is 0. The molecule has 134 valence electrons. The van der Waals surface area contributed by atoms with Gasteiger partial charge in [-0.25, -0.2) is 9.97 Å². The molecule has 4 aromatic rings. The molecule has 0 saturated heterocycles. The summed E-state index contributed by atoms with van der Waals surface area (Å²) in [4.78, 5) is 8.40. The Bertz CT molecular complexity index is 1030. The van der Waals surface area contributed by atoms with Gasteiger partial charge in [0.25, 0.3) is 0 Å². The smallest absolute Gasteiger partial charge is 0.141 e. The first-order valence-electron chi connectivity index (χ1n) is 7.86. The topological polar surface area (TPSA) is 66.2 Å². The molecular formula is C20H16Cl2N2O2Zn. The molecule has 27 heavy (non-hydrogen) atoms. The van der Waals surface area contributed by atoms with E-state index in [-0.39, 0.29) is 31.0 Å². The third-order valence-electron chi connectivity index (χ3n) is 3.84. The third kappa shape index (κ3) is 4.67. The molecule has 0 aliphatic rings. The molecule has 2 N–H and O–H groups in total. The normalized spacial score (nSPS) is 10.2. The SMILES string of the molecule is Cc1ccc2c(Cl)ccc(O)c2n1.Cc1ccc2c(Cl)ccc(O)c2n1.[Zn]. The Balaban J connectivity index is 0.000000187. The van der Waals surface area contributed by atoms with Gasteiger partial charge in [0.05, 0.1) is 10.0 Å². The molecule has 0 saturated carbocycles. The van der Waals surface area contributed by atoms with E-state index in [2.05, 4.69) is 9.97 Å². The number of aryl methyl sites for hydroxylation is 2. The number of nitrogens with zero attached hydrogens (tertiary/aromatic N) is 2. The molecule has 0 atom stereocenters. The van der Waals surface area contributed by atoms with Gasteiger partial charge in [0, 0.05) is 41.6 Å². The van der Waals surface area contributed by atoms with Gasteiger partial charge in [-0.3, -0.25) is 0 Å². The van der Waals surface area contributed by atoms with Gasteiger partial charge in [-0.2, -0.15) is 0 Å². The number of phenols is 2. The average molecular weight is 453 g/mol. The van der Waals surface area contributed by atoms with Gasteiger partial charge < -0.3 is 10.2 Å². The summed E-state index contributed by atoms with van der Waals surface area (Å²) in [7, 11) is 0. The second kappa shape index (κ2) is 8.83. The zero-order valence-corrected chi connectivity index (χ0v) is 19.3. The minimum absolute atomic E-state index is 0. The van der Waals surface area contributed by atoms with E-state index in [9.17, 15) is 10.2 Å². The summed E-state index contributed by atoms with van der Waals surface area (Å²) in [5, 5.41) is 21.8. The minimum Gasteiger partial charge on any atom is -0.506 e. The van der Waals surface area contributed by atoms with Crippen LogP contribution in [0.3, 0.4) is 0 Å². The summed E-state index contributed by atoms with van der Waals surface area (Å²) in [5.41, 5.74) is 2.86. The summed E-state index contributed by atoms with van der Waals surface area (Å²) in [6.07, 6.45) is 0. The van der Waals surface area contributed by atoms with Crippen molar-refractivity contribution in [1.29, 1.82) is 0 Å². The van der Waals surface area contributed by atoms with Gasteiger partial charge in [-0.1, -0.05) is 23.2 Å². The molecule has 0 aliphatic carbocycles. The number of phenolic OH excluding ortho intramolecular Hbond substituents is 2. The van der Waals surface area contributed by atoms with Crippen LogP contribution in [0, 0.1) is 13.8 Å². The van der Waals surface area contributed by atoms with Crippen molar-refractivity contribution < 1.29 is 29.7 Å². The van der Waals surface area contributed by atoms with Gasteiger partial charge in [-0.05, 0) is 62.4 Å². The van der Waals surface area contributed by atoms with E-state index >= 15 is 0 Å². The maximum Gasteiger partial charge on any atom is 0.141 e. The second-order valence-corrected chi connectivity index (χ2v) is 6.65. The summed E-state index contributed by atoms with van der Waals surface area (Å²) >= 11 is 11.9. The largest absolute Gasteiger partial charge is 0.506 e. The van der Waals surface area contributed by atoms with Crippen molar-refractivity contribution in [3.8, 4) is 11.5 Å². The summed E-state index contributed by atoms with van der Waals surface area (Å²) in [6.45, 7) is 3.75. The van der Waals surface area contributed by atoms with Crippen LogP contribution in [0.5, 0.6) is 11.5 Å². The number of fused-ring (bicyclic) bond motifs is 2. The first-order valence-corrected chi connectivity index (χ1v) is 8.62. The Hall–Kier alpha value is -1.94. The molecule has 0 spiro atoms. The van der Waals surface area contributed by atoms with Crippen LogP contribution in [-0.2, 0) is 19.5 Å². The number of halogens is 2. The molecule has 2 aromatic carbocycles. The number of aromatic nitrogens is 2. The van der Waals surface area contributed by atoms with Crippen molar-refractivity contribution in [2.75, 3.05) is 0 Å². The van der Waals surface area contributed by atoms with Gasteiger partial charge >= 0.3 is 0 Å². The van der Waals surface area contributed by atoms with E-state index in [0.29, 0.717) is 21.1 Å². The van der Waals surface area contributed by atoms with E-state index in [1.54, 1.807) is 24.3 Å². The van der Waals surface area contributed by atoms with Crippen LogP contribution in [0.4, 0.5) is 0 Å². The van der Waals surface area contributed by atoms with E-state index in [1.807, 2.05) is 38.1 Å². The van der Waals surface area contributed by atoms with Crippen LogP contribution in [0.1, 0.15) is 11.4 Å². The monoisotopic (exact) mass is 450 g/mol. The molecule has 0 fully saturated rings. The average Bonchev–Trinajstić information content (AvgIpc) is 2.62. The zero-order chi connectivity index (χ0) is 18.8. The van der Waals surface area contributed by atoms with Crippen LogP contribution < -0.4 is 0 Å². The Labute approximate surface area is 179 Å². The Morgan fingerprint density at radius 2 is 1.00 bits per heavy atom. The first-order chi connectivity index (χ1) is 12.4. The van der Waals surface area contributed by atoms with Gasteiger partial charge in [-0.15, -0.1) is 0 Å². The van der Waals surface area contributed by atoms with Crippen LogP contribution in [-0.4, -0.2) is 20.2 Å². The van der Waals surface area contributed by atoms with Gasteiger partial charge in [0.2, 0.25) is 0 Å². The van der Waals surface area contributed by atoms with E-state index < -0.39 is 0 Å². The number of hydrogen-bond donors (Lipinski definition) is 2. The summed E-state index contributed by atoms with van der Waals surface area (Å²) in [6, 6.07) is 13.9. The molecular weight excluding hydrogens is 437 g/mol. The van der Waals surface area contributed by atoms with Crippen LogP contribution in [0.15, 0.2) is 48.5 Å². The molecule has 2 aromatic heterocycles. The first kappa shape index (κ1) is 21.4. The molecule has 0 aliphatic heterocycles. The molecule has 7 heteroatoms. The van der Waals surface area contributed by atoms with Crippen molar-refractivity contribution >= 4 is 45.0 Å². The second-order valence-electron chi connectivity index (χ2n) is 5.83. The molecule has 0 unspecified atom stereocenters. The fraction of sp³-hybridized carbons (Fsp3) is 0.100. The van der Waals surface area contributed by atoms with Crippen molar-refractivity contribution in [2.45, 2.75) is 13.8 Å². The Kier molecular flexibility index (Phi) is 6.99. The van der Waals surface area contributed by atoms with E-state index in [4.69, 9.17) is 23.2 Å². The number of rotatable bonds is 0. The number of pyridine rings is 2.